The average molecular weight is 276 g/mol. The number of ether oxygens (including phenoxy) is 1. The first-order valence-electron chi connectivity index (χ1n) is 7.20. The van der Waals surface area contributed by atoms with Crippen molar-refractivity contribution in [2.24, 2.45) is 0 Å². The third kappa shape index (κ3) is 2.40. The van der Waals surface area contributed by atoms with Gasteiger partial charge in [-0.1, -0.05) is 13.0 Å². The van der Waals surface area contributed by atoms with Crippen molar-refractivity contribution in [2.45, 2.75) is 38.3 Å². The zero-order valence-corrected chi connectivity index (χ0v) is 11.6. The molecule has 2 heterocycles. The van der Waals surface area contributed by atoms with Gasteiger partial charge in [0.05, 0.1) is 6.04 Å². The second-order valence-electron chi connectivity index (χ2n) is 5.49. The van der Waals surface area contributed by atoms with Crippen molar-refractivity contribution in [2.75, 3.05) is 18.0 Å². The lowest BCUT2D eigenvalue weighted by atomic mass is 10.1. The van der Waals surface area contributed by atoms with E-state index in [4.69, 9.17) is 9.84 Å². The van der Waals surface area contributed by atoms with Crippen molar-refractivity contribution in [3.8, 4) is 5.75 Å². The third-order valence-corrected chi connectivity index (χ3v) is 4.15. The Labute approximate surface area is 118 Å². The summed E-state index contributed by atoms with van der Waals surface area (Å²) < 4.78 is 5.91. The van der Waals surface area contributed by atoms with Crippen LogP contribution in [0.3, 0.4) is 0 Å². The van der Waals surface area contributed by atoms with Crippen LogP contribution in [0.5, 0.6) is 5.75 Å². The van der Waals surface area contributed by atoms with Gasteiger partial charge in [-0.2, -0.15) is 0 Å². The molecule has 108 valence electrons. The van der Waals surface area contributed by atoms with Crippen molar-refractivity contribution < 1.29 is 14.6 Å². The van der Waals surface area contributed by atoms with Gasteiger partial charge in [-0.3, -0.25) is 0 Å². The monoisotopic (exact) mass is 276 g/mol. The molecule has 1 saturated heterocycles. The Morgan fingerprint density at radius 3 is 3.15 bits per heavy atom. The van der Waals surface area contributed by atoms with E-state index in [1.807, 2.05) is 12.1 Å². The fourth-order valence-corrected chi connectivity index (χ4v) is 3.11. The van der Waals surface area contributed by atoms with E-state index in [0.29, 0.717) is 0 Å². The molecule has 0 aliphatic carbocycles. The summed E-state index contributed by atoms with van der Waals surface area (Å²) in [6.07, 6.45) is 2.16. The molecule has 0 bridgehead atoms. The molecule has 0 saturated carbocycles. The predicted molar refractivity (Wildman–Crippen MR) is 76.6 cm³/mol. The van der Waals surface area contributed by atoms with Gasteiger partial charge in [0.25, 0.3) is 0 Å². The number of anilines is 1. The van der Waals surface area contributed by atoms with Crippen molar-refractivity contribution in [1.29, 1.82) is 0 Å². The molecule has 2 aliphatic heterocycles. The van der Waals surface area contributed by atoms with Crippen molar-refractivity contribution in [3.05, 3.63) is 23.8 Å². The Balaban J connectivity index is 1.76. The van der Waals surface area contributed by atoms with Crippen LogP contribution in [0.2, 0.25) is 0 Å². The zero-order chi connectivity index (χ0) is 14.1. The number of rotatable bonds is 3. The van der Waals surface area contributed by atoms with Crippen LogP contribution in [0.25, 0.3) is 0 Å². The van der Waals surface area contributed by atoms with Gasteiger partial charge in [0, 0.05) is 30.8 Å². The number of nitrogens with zero attached hydrogens (tertiary/aromatic N) is 1. The van der Waals surface area contributed by atoms with Crippen LogP contribution in [-0.2, 0) is 6.42 Å². The molecule has 0 radical (unpaired) electrons. The second-order valence-corrected chi connectivity index (χ2v) is 5.49. The molecular weight excluding hydrogens is 256 g/mol. The highest BCUT2D eigenvalue weighted by molar-refractivity contribution is 5.66. The van der Waals surface area contributed by atoms with Gasteiger partial charge in [-0.25, -0.2) is 4.79 Å². The Morgan fingerprint density at radius 2 is 2.40 bits per heavy atom. The standard InChI is InChI=1S/C15H20N2O3/c1-2-11-8-12-13(4-3-5-14(12)20-11)17-7-6-10(9-17)16-15(18)19/h3-5,10-11,16H,2,6-9H2,1H3,(H,18,19)/t10-,11?/m0/s1. The van der Waals surface area contributed by atoms with E-state index in [0.717, 1.165) is 38.1 Å². The van der Waals surface area contributed by atoms with Crippen LogP contribution in [-0.4, -0.2) is 36.4 Å². The number of fused-ring (bicyclic) bond motifs is 1. The number of hydrogen-bond acceptors (Lipinski definition) is 3. The Kier molecular flexibility index (Phi) is 3.42. The van der Waals surface area contributed by atoms with E-state index in [-0.39, 0.29) is 12.1 Å². The number of carbonyl (C=O) groups is 1. The maximum Gasteiger partial charge on any atom is 0.404 e. The molecule has 1 amide bonds. The van der Waals surface area contributed by atoms with Crippen LogP contribution in [0.1, 0.15) is 25.3 Å². The quantitative estimate of drug-likeness (QED) is 0.889. The van der Waals surface area contributed by atoms with Crippen molar-refractivity contribution >= 4 is 11.8 Å². The van der Waals surface area contributed by atoms with Gasteiger partial charge in [-0.05, 0) is 25.0 Å². The summed E-state index contributed by atoms with van der Waals surface area (Å²) in [6, 6.07) is 6.18. The molecule has 2 N–H and O–H groups in total. The minimum Gasteiger partial charge on any atom is -0.490 e. The normalized spacial score (nSPS) is 24.4. The third-order valence-electron chi connectivity index (χ3n) is 4.15. The zero-order valence-electron chi connectivity index (χ0n) is 11.6. The lowest BCUT2D eigenvalue weighted by Gasteiger charge is -2.21. The number of carboxylic acid groups (broad SMARTS) is 1. The SMILES string of the molecule is CCC1Cc2c(cccc2N2CC[C@H](NC(=O)O)C2)O1. The van der Waals surface area contributed by atoms with E-state index in [1.54, 1.807) is 0 Å². The summed E-state index contributed by atoms with van der Waals surface area (Å²) in [5.41, 5.74) is 2.48. The second kappa shape index (κ2) is 5.23. The summed E-state index contributed by atoms with van der Waals surface area (Å²) in [7, 11) is 0. The molecule has 0 spiro atoms. The molecule has 1 aromatic rings. The fourth-order valence-electron chi connectivity index (χ4n) is 3.11. The molecule has 20 heavy (non-hydrogen) atoms. The Morgan fingerprint density at radius 1 is 1.55 bits per heavy atom. The van der Waals surface area contributed by atoms with Gasteiger partial charge in [0.1, 0.15) is 11.9 Å². The van der Waals surface area contributed by atoms with Crippen LogP contribution in [0.15, 0.2) is 18.2 Å². The first-order valence-corrected chi connectivity index (χ1v) is 7.20. The minimum atomic E-state index is -0.940. The van der Waals surface area contributed by atoms with E-state index in [9.17, 15) is 4.79 Å². The highest BCUT2D eigenvalue weighted by Gasteiger charge is 2.30. The first-order chi connectivity index (χ1) is 9.67. The smallest absolute Gasteiger partial charge is 0.404 e. The largest absolute Gasteiger partial charge is 0.490 e. The van der Waals surface area contributed by atoms with E-state index in [2.05, 4.69) is 23.2 Å². The summed E-state index contributed by atoms with van der Waals surface area (Å²) in [5.74, 6) is 0.990. The van der Waals surface area contributed by atoms with Gasteiger partial charge < -0.3 is 20.1 Å². The predicted octanol–water partition coefficient (Wildman–Crippen LogP) is 2.25. The molecule has 3 rings (SSSR count). The highest BCUT2D eigenvalue weighted by atomic mass is 16.5. The summed E-state index contributed by atoms with van der Waals surface area (Å²) in [4.78, 5) is 13.0. The van der Waals surface area contributed by atoms with Crippen LogP contribution in [0, 0.1) is 0 Å². The summed E-state index contributed by atoms with van der Waals surface area (Å²) >= 11 is 0. The Hall–Kier alpha value is -1.91. The molecule has 2 atom stereocenters. The molecule has 1 fully saturated rings. The van der Waals surface area contributed by atoms with Gasteiger partial charge >= 0.3 is 6.09 Å². The summed E-state index contributed by atoms with van der Waals surface area (Å²) in [6.45, 7) is 3.76. The molecule has 0 aromatic heterocycles. The molecule has 1 aromatic carbocycles. The average Bonchev–Trinajstić information content (AvgIpc) is 3.03. The van der Waals surface area contributed by atoms with E-state index >= 15 is 0 Å². The number of hydrogen-bond donors (Lipinski definition) is 2. The molecule has 5 heteroatoms. The van der Waals surface area contributed by atoms with Crippen LogP contribution in [0.4, 0.5) is 10.5 Å². The maximum absolute atomic E-state index is 10.7. The van der Waals surface area contributed by atoms with Crippen molar-refractivity contribution in [1.82, 2.24) is 5.32 Å². The van der Waals surface area contributed by atoms with Gasteiger partial charge in [-0.15, -0.1) is 0 Å². The van der Waals surface area contributed by atoms with Gasteiger partial charge in [0.15, 0.2) is 0 Å². The minimum absolute atomic E-state index is 0.0210. The molecule has 2 aliphatic rings. The van der Waals surface area contributed by atoms with Gasteiger partial charge in [0.2, 0.25) is 0 Å². The van der Waals surface area contributed by atoms with E-state index in [1.165, 1.54) is 11.3 Å². The van der Waals surface area contributed by atoms with Crippen LogP contribution < -0.4 is 15.0 Å². The fraction of sp³-hybridized carbons (Fsp3) is 0.533. The molecular formula is C15H20N2O3. The summed E-state index contributed by atoms with van der Waals surface area (Å²) in [5, 5.41) is 11.4. The molecule has 5 nitrogen and oxygen atoms in total. The van der Waals surface area contributed by atoms with E-state index < -0.39 is 6.09 Å². The van der Waals surface area contributed by atoms with Crippen molar-refractivity contribution in [3.63, 3.8) is 0 Å². The molecule has 1 unspecified atom stereocenters. The topological polar surface area (TPSA) is 61.8 Å². The number of nitrogens with one attached hydrogen (secondary N) is 1. The number of amides is 1. The van der Waals surface area contributed by atoms with Crippen LogP contribution >= 0.6 is 0 Å². The maximum atomic E-state index is 10.7. The Bertz CT molecular complexity index is 518. The lowest BCUT2D eigenvalue weighted by Crippen LogP contribution is -2.36. The highest BCUT2D eigenvalue weighted by Crippen LogP contribution is 2.38. The number of benzene rings is 1. The lowest BCUT2D eigenvalue weighted by molar-refractivity contribution is 0.191. The first kappa shape index (κ1) is 13.1.